The number of nitrogens with zero attached hydrogens (tertiary/aromatic N) is 2. The molecule has 3 unspecified atom stereocenters. The van der Waals surface area contributed by atoms with Gasteiger partial charge >= 0.3 is 0 Å². The molecule has 1 heterocycles. The van der Waals surface area contributed by atoms with Crippen LogP contribution >= 0.6 is 35.7 Å². The number of halogens is 1. The summed E-state index contributed by atoms with van der Waals surface area (Å²) in [7, 11) is -0.677. The number of hydrogen-bond acceptors (Lipinski definition) is 4. The Bertz CT molecular complexity index is 537. The minimum absolute atomic E-state index is 0. The van der Waals surface area contributed by atoms with Crippen molar-refractivity contribution < 1.29 is 4.21 Å². The van der Waals surface area contributed by atoms with E-state index >= 15 is 0 Å². The van der Waals surface area contributed by atoms with E-state index in [1.54, 1.807) is 0 Å². The van der Waals surface area contributed by atoms with Crippen LogP contribution in [0.3, 0.4) is 0 Å². The molecule has 1 aliphatic heterocycles. The van der Waals surface area contributed by atoms with Crippen LogP contribution in [-0.2, 0) is 10.8 Å². The fourth-order valence-electron chi connectivity index (χ4n) is 5.14. The lowest BCUT2D eigenvalue weighted by Gasteiger charge is -2.42. The lowest BCUT2D eigenvalue weighted by atomic mass is 9.94. The number of guanidine groups is 1. The fourth-order valence-corrected chi connectivity index (χ4v) is 7.39. The molecule has 0 aromatic carbocycles. The zero-order valence-electron chi connectivity index (χ0n) is 18.3. The van der Waals surface area contributed by atoms with E-state index in [9.17, 15) is 4.21 Å². The smallest absolute Gasteiger partial charge is 0.191 e. The summed E-state index contributed by atoms with van der Waals surface area (Å²) in [6.45, 7) is 8.41. The van der Waals surface area contributed by atoms with Gasteiger partial charge in [-0.3, -0.25) is 14.1 Å². The maximum Gasteiger partial charge on any atom is 0.191 e. The van der Waals surface area contributed by atoms with Gasteiger partial charge in [-0.25, -0.2) is 0 Å². The predicted octanol–water partition coefficient (Wildman–Crippen LogP) is 3.60. The van der Waals surface area contributed by atoms with Crippen molar-refractivity contribution in [2.75, 3.05) is 43.4 Å². The Labute approximate surface area is 201 Å². The van der Waals surface area contributed by atoms with Crippen molar-refractivity contribution in [3.63, 3.8) is 0 Å². The summed E-state index contributed by atoms with van der Waals surface area (Å²) >= 11 is 2.09. The van der Waals surface area contributed by atoms with Gasteiger partial charge < -0.3 is 10.6 Å². The average molecular weight is 557 g/mol. The molecule has 170 valence electrons. The van der Waals surface area contributed by atoms with Gasteiger partial charge in [0.15, 0.2) is 5.96 Å². The number of hydrogen-bond donors (Lipinski definition) is 2. The Morgan fingerprint density at radius 1 is 1.17 bits per heavy atom. The number of thioether (sulfide) groups is 1. The summed E-state index contributed by atoms with van der Waals surface area (Å²) in [6.07, 6.45) is 9.73. The van der Waals surface area contributed by atoms with Crippen LogP contribution < -0.4 is 10.6 Å². The fraction of sp³-hybridized carbons (Fsp3) is 0.952. The molecule has 0 radical (unpaired) electrons. The predicted molar refractivity (Wildman–Crippen MR) is 139 cm³/mol. The van der Waals surface area contributed by atoms with E-state index in [1.807, 2.05) is 6.92 Å². The Balaban J connectivity index is 0.00000300. The Morgan fingerprint density at radius 3 is 2.55 bits per heavy atom. The van der Waals surface area contributed by atoms with Crippen LogP contribution in [0.4, 0.5) is 0 Å². The maximum absolute atomic E-state index is 12.3. The molecule has 0 aromatic heterocycles. The van der Waals surface area contributed by atoms with Gasteiger partial charge in [-0.05, 0) is 39.0 Å². The first kappa shape index (κ1) is 25.7. The molecule has 3 aliphatic rings. The van der Waals surface area contributed by atoms with Crippen LogP contribution in [0.15, 0.2) is 4.99 Å². The SMILES string of the molecule is CCNC(=NCC1(N2CCSCC2)CCCC1)NC1CCCC(S(=O)CC)C1.I. The molecule has 3 fully saturated rings. The van der Waals surface area contributed by atoms with Crippen molar-refractivity contribution in [2.45, 2.75) is 82.0 Å². The first-order valence-electron chi connectivity index (χ1n) is 11.4. The molecule has 2 aliphatic carbocycles. The standard InChI is InChI=1S/C21H40N4OS2.HI/c1-3-22-20(24-18-8-7-9-19(16-18)28(26)4-2)23-17-21(10-5-6-11-21)25-12-14-27-15-13-25;/h18-19H,3-17H2,1-2H3,(H2,22,23,24);1H. The Morgan fingerprint density at radius 2 is 1.90 bits per heavy atom. The van der Waals surface area contributed by atoms with Gasteiger partial charge in [-0.2, -0.15) is 11.8 Å². The highest BCUT2D eigenvalue weighted by molar-refractivity contribution is 14.0. The molecule has 2 saturated carbocycles. The van der Waals surface area contributed by atoms with Crippen LogP contribution in [0.2, 0.25) is 0 Å². The third-order valence-corrected chi connectivity index (χ3v) is 9.40. The molecule has 8 heteroatoms. The van der Waals surface area contributed by atoms with E-state index in [-0.39, 0.29) is 29.5 Å². The molecular formula is C21H41IN4OS2. The van der Waals surface area contributed by atoms with Crippen molar-refractivity contribution in [2.24, 2.45) is 4.99 Å². The summed E-state index contributed by atoms with van der Waals surface area (Å²) in [5, 5.41) is 7.52. The summed E-state index contributed by atoms with van der Waals surface area (Å²) in [6, 6.07) is 0.401. The largest absolute Gasteiger partial charge is 0.357 e. The Hall–Kier alpha value is 0.460. The van der Waals surface area contributed by atoms with Gasteiger partial charge in [0.1, 0.15) is 0 Å². The third-order valence-electron chi connectivity index (χ3n) is 6.72. The maximum atomic E-state index is 12.3. The molecule has 2 N–H and O–H groups in total. The molecule has 29 heavy (non-hydrogen) atoms. The number of rotatable bonds is 7. The number of nitrogens with one attached hydrogen (secondary N) is 2. The van der Waals surface area contributed by atoms with Crippen molar-refractivity contribution >= 4 is 52.5 Å². The lowest BCUT2D eigenvalue weighted by molar-refractivity contribution is 0.112. The average Bonchev–Trinajstić information content (AvgIpc) is 3.23. The second kappa shape index (κ2) is 13.1. The van der Waals surface area contributed by atoms with Gasteiger partial charge in [-0.15, -0.1) is 24.0 Å². The highest BCUT2D eigenvalue weighted by atomic mass is 127. The Kier molecular flexibility index (Phi) is 11.6. The first-order valence-corrected chi connectivity index (χ1v) is 14.0. The zero-order valence-corrected chi connectivity index (χ0v) is 22.3. The normalized spacial score (nSPS) is 29.1. The quantitative estimate of drug-likeness (QED) is 0.285. The first-order chi connectivity index (χ1) is 13.7. The van der Waals surface area contributed by atoms with E-state index in [0.29, 0.717) is 11.3 Å². The molecule has 3 atom stereocenters. The highest BCUT2D eigenvalue weighted by Crippen LogP contribution is 2.37. The summed E-state index contributed by atoms with van der Waals surface area (Å²) in [5.74, 6) is 4.28. The molecule has 3 rings (SSSR count). The zero-order chi connectivity index (χ0) is 19.8. The minimum atomic E-state index is -0.677. The second-order valence-electron chi connectivity index (χ2n) is 8.53. The molecule has 0 bridgehead atoms. The van der Waals surface area contributed by atoms with Crippen LogP contribution in [0.5, 0.6) is 0 Å². The number of aliphatic imine (C=N–C) groups is 1. The van der Waals surface area contributed by atoms with E-state index in [0.717, 1.165) is 44.1 Å². The third kappa shape index (κ3) is 7.24. The van der Waals surface area contributed by atoms with Crippen LogP contribution in [-0.4, -0.2) is 75.3 Å². The van der Waals surface area contributed by atoms with Crippen LogP contribution in [0.25, 0.3) is 0 Å². The minimum Gasteiger partial charge on any atom is -0.357 e. The molecule has 1 saturated heterocycles. The van der Waals surface area contributed by atoms with Crippen molar-refractivity contribution in [3.05, 3.63) is 0 Å². The summed E-state index contributed by atoms with van der Waals surface area (Å²) in [5.41, 5.74) is 0.280. The molecular weight excluding hydrogens is 515 g/mol. The van der Waals surface area contributed by atoms with Crippen molar-refractivity contribution in [1.29, 1.82) is 0 Å². The molecule has 0 spiro atoms. The van der Waals surface area contributed by atoms with Gasteiger partial charge in [0.05, 0.1) is 6.54 Å². The topological polar surface area (TPSA) is 56.7 Å². The molecule has 0 aromatic rings. The summed E-state index contributed by atoms with van der Waals surface area (Å²) < 4.78 is 12.3. The monoisotopic (exact) mass is 556 g/mol. The van der Waals surface area contributed by atoms with Gasteiger partial charge in [-0.1, -0.05) is 26.2 Å². The highest BCUT2D eigenvalue weighted by Gasteiger charge is 2.40. The second-order valence-corrected chi connectivity index (χ2v) is 11.8. The van der Waals surface area contributed by atoms with Crippen LogP contribution in [0, 0.1) is 0 Å². The lowest BCUT2D eigenvalue weighted by Crippen LogP contribution is -2.53. The van der Waals surface area contributed by atoms with Crippen molar-refractivity contribution in [3.8, 4) is 0 Å². The molecule has 0 amide bonds. The summed E-state index contributed by atoms with van der Waals surface area (Å²) in [4.78, 5) is 7.84. The van der Waals surface area contributed by atoms with E-state index in [2.05, 4.69) is 34.2 Å². The van der Waals surface area contributed by atoms with E-state index < -0.39 is 10.8 Å². The van der Waals surface area contributed by atoms with E-state index in [4.69, 9.17) is 4.99 Å². The van der Waals surface area contributed by atoms with Gasteiger partial charge in [0.2, 0.25) is 0 Å². The van der Waals surface area contributed by atoms with Crippen LogP contribution in [0.1, 0.15) is 65.2 Å². The van der Waals surface area contributed by atoms with Gasteiger partial charge in [0.25, 0.3) is 0 Å². The van der Waals surface area contributed by atoms with Gasteiger partial charge in [0, 0.05) is 64.5 Å². The van der Waals surface area contributed by atoms with Crippen molar-refractivity contribution in [1.82, 2.24) is 15.5 Å². The molecule has 5 nitrogen and oxygen atoms in total. The van der Waals surface area contributed by atoms with E-state index in [1.165, 1.54) is 56.7 Å².